The molecule has 2 heterocycles. The lowest BCUT2D eigenvalue weighted by atomic mass is 9.96. The number of hydrogen-bond donors (Lipinski definition) is 13. The maximum Gasteiger partial charge on any atom is 0.229 e. The molecule has 31 heteroatoms. The molecule has 1 aromatic carbocycles. The normalized spacial score (nSPS) is 28.7. The van der Waals surface area contributed by atoms with E-state index in [2.05, 4.69) is 17.9 Å². The number of ether oxygens (including phenoxy) is 17. The summed E-state index contributed by atoms with van der Waals surface area (Å²) in [5.41, 5.74) is 0.370. The molecule has 1 aromatic rings. The van der Waals surface area contributed by atoms with Crippen LogP contribution in [0.3, 0.4) is 0 Å². The Bertz CT molecular complexity index is 1760. The van der Waals surface area contributed by atoms with Gasteiger partial charge in [-0.2, -0.15) is 12.6 Å². The molecule has 4 rings (SSSR count). The molecule has 3 aliphatic rings. The number of thiol groups is 1. The Balaban J connectivity index is 0.981. The molecule has 12 N–H and O–H groups in total. The van der Waals surface area contributed by atoms with Crippen LogP contribution in [0.5, 0.6) is 5.75 Å². The van der Waals surface area contributed by atoms with E-state index in [1.54, 1.807) is 0 Å². The number of rotatable bonds is 49. The lowest BCUT2D eigenvalue weighted by molar-refractivity contribution is -0.375. The molecule has 16 atom stereocenters. The largest absolute Gasteiger partial charge is 0.462 e. The first-order valence-corrected chi connectivity index (χ1v) is 28.5. The Hall–Kier alpha value is -2.24. The fraction of sp³-hybridized carbons (Fsp3) is 0.865. The highest BCUT2D eigenvalue weighted by atomic mass is 32.1. The molecule has 3 fully saturated rings. The van der Waals surface area contributed by atoms with Crippen LogP contribution in [0.1, 0.15) is 6.42 Å². The Labute approximate surface area is 488 Å². The van der Waals surface area contributed by atoms with Crippen molar-refractivity contribution in [1.82, 2.24) is 0 Å². The van der Waals surface area contributed by atoms with E-state index in [9.17, 15) is 61.0 Å². The molecule has 83 heavy (non-hydrogen) atoms. The summed E-state index contributed by atoms with van der Waals surface area (Å²) in [5, 5.41) is 118. The maximum atomic E-state index is 12.6. The number of anilines is 1. The van der Waals surface area contributed by atoms with Gasteiger partial charge in [0.25, 0.3) is 0 Å². The van der Waals surface area contributed by atoms with Gasteiger partial charge in [-0.1, -0.05) is 0 Å². The third-order valence-electron chi connectivity index (χ3n) is 13.0. The number of amides is 1. The van der Waals surface area contributed by atoms with Crippen LogP contribution in [0.15, 0.2) is 24.3 Å². The number of benzene rings is 1. The van der Waals surface area contributed by atoms with Crippen molar-refractivity contribution in [3.05, 3.63) is 24.3 Å². The molecule has 0 spiro atoms. The summed E-state index contributed by atoms with van der Waals surface area (Å²) in [6, 6.07) is 5.84. The van der Waals surface area contributed by atoms with Crippen LogP contribution >= 0.6 is 12.6 Å². The van der Waals surface area contributed by atoms with E-state index in [0.29, 0.717) is 150 Å². The van der Waals surface area contributed by atoms with E-state index in [1.807, 2.05) is 0 Å². The van der Waals surface area contributed by atoms with E-state index < -0.39 is 118 Å². The Morgan fingerprint density at radius 1 is 0.458 bits per heavy atom. The second-order valence-corrected chi connectivity index (χ2v) is 19.4. The number of aliphatic hydroxyl groups is 11. The van der Waals surface area contributed by atoms with Crippen molar-refractivity contribution >= 4 is 24.2 Å². The molecule has 0 aromatic heterocycles. The van der Waals surface area contributed by atoms with Crippen LogP contribution < -0.4 is 10.1 Å². The van der Waals surface area contributed by atoms with Gasteiger partial charge in [0.15, 0.2) is 18.7 Å². The van der Waals surface area contributed by atoms with E-state index in [4.69, 9.17) is 80.5 Å². The molecule has 30 nitrogen and oxygen atoms in total. The van der Waals surface area contributed by atoms with Crippen molar-refractivity contribution in [1.29, 1.82) is 0 Å². The number of nitrogens with one attached hydrogen (secondary N) is 1. The molecular formula is C52H91NO29S. The monoisotopic (exact) mass is 1230 g/mol. The Morgan fingerprint density at radius 3 is 1.20 bits per heavy atom. The van der Waals surface area contributed by atoms with Gasteiger partial charge in [0.1, 0.15) is 48.5 Å². The summed E-state index contributed by atoms with van der Waals surface area (Å²) in [7, 11) is 0. The second kappa shape index (κ2) is 44.2. The average Bonchev–Trinajstić information content (AvgIpc) is 4.00. The van der Waals surface area contributed by atoms with Crippen LogP contribution in [0, 0.1) is 11.8 Å². The fourth-order valence-electron chi connectivity index (χ4n) is 8.46. The highest BCUT2D eigenvalue weighted by molar-refractivity contribution is 7.80. The summed E-state index contributed by atoms with van der Waals surface area (Å²) in [6.07, 6.45) is -25.0. The Morgan fingerprint density at radius 2 is 0.831 bits per heavy atom. The van der Waals surface area contributed by atoms with Crippen LogP contribution in [-0.2, 0) is 80.6 Å². The summed E-state index contributed by atoms with van der Waals surface area (Å²) in [4.78, 5) is 12.6. The molecule has 1 saturated carbocycles. The van der Waals surface area contributed by atoms with Gasteiger partial charge in [-0.15, -0.1) is 0 Å². The summed E-state index contributed by atoms with van der Waals surface area (Å²) in [5.74, 6) is -2.50. The quantitative estimate of drug-likeness (QED) is 0.0165. The summed E-state index contributed by atoms with van der Waals surface area (Å²) in [6.45, 7) is 7.90. The van der Waals surface area contributed by atoms with Gasteiger partial charge in [0.2, 0.25) is 12.2 Å². The molecular weight excluding hydrogens is 1130 g/mol. The van der Waals surface area contributed by atoms with Crippen molar-refractivity contribution < 1.29 is 141 Å². The standard InChI is InChI=1S/C52H91NO29S/c54-31-36-41(58)40(45(62)42(36)59)50(65)81-48-46(63)43(60)38(33-56)80-52(48)82-49-47(64)44(61)37(32-55)79-51(49)78-35-3-1-34(2-4-35)53-39(57)5-6-66-7-8-67-9-10-68-11-12-69-13-14-70-15-16-71-17-18-72-19-20-73-21-22-74-23-24-75-25-26-76-27-28-77-29-30-83/h1-4,36-38,40-52,54-56,58-65,83H,5-33H2,(H,53,57)/t36?,37?,38?,40?,41?,42-,43-,44-,45?,46?,47?,48-,49?,50-,51+,52-/m1/s1. The van der Waals surface area contributed by atoms with Gasteiger partial charge in [-0.3, -0.25) is 4.79 Å². The van der Waals surface area contributed by atoms with E-state index >= 15 is 0 Å². The predicted octanol–water partition coefficient (Wildman–Crippen LogP) is -5.19. The van der Waals surface area contributed by atoms with E-state index in [0.717, 1.165) is 0 Å². The van der Waals surface area contributed by atoms with Gasteiger partial charge >= 0.3 is 0 Å². The van der Waals surface area contributed by atoms with Crippen LogP contribution in [-0.4, -0.2) is 332 Å². The van der Waals surface area contributed by atoms with E-state index in [1.165, 1.54) is 24.3 Å². The first kappa shape index (κ1) is 73.2. The predicted molar refractivity (Wildman–Crippen MR) is 287 cm³/mol. The molecule has 2 saturated heterocycles. The van der Waals surface area contributed by atoms with Gasteiger partial charge in [0.05, 0.1) is 209 Å². The molecule has 0 bridgehead atoms. The maximum absolute atomic E-state index is 12.6. The van der Waals surface area contributed by atoms with Gasteiger partial charge in [-0.05, 0) is 24.3 Å². The zero-order valence-electron chi connectivity index (χ0n) is 46.8. The van der Waals surface area contributed by atoms with Crippen molar-refractivity contribution in [3.8, 4) is 5.75 Å². The Kier molecular flexibility index (Phi) is 39.0. The SMILES string of the molecule is O=C(CCOCCOCCOCCOCCOCCOCCOCCOCCOCCOCCOCCOCCS)Nc1ccc(O[C@H]2OC(CO)[C@@H](O)C(O)C2O[C@H]2OC(CO)[C@@H](O)C(O)[C@H]2O[C@@H](O)C2C(O)C(CO)[C@@H](O)C2O)cc1. The van der Waals surface area contributed by atoms with E-state index in [-0.39, 0.29) is 37.9 Å². The highest BCUT2D eigenvalue weighted by Gasteiger charge is 2.56. The summed E-state index contributed by atoms with van der Waals surface area (Å²) < 4.78 is 94.4. The molecule has 1 amide bonds. The van der Waals surface area contributed by atoms with Crippen LogP contribution in [0.2, 0.25) is 0 Å². The molecule has 1 aliphatic carbocycles. The van der Waals surface area contributed by atoms with Crippen molar-refractivity contribution in [2.45, 2.75) is 92.4 Å². The molecule has 0 radical (unpaired) electrons. The number of hydrogen-bond acceptors (Lipinski definition) is 30. The summed E-state index contributed by atoms with van der Waals surface area (Å²) >= 11 is 4.07. The minimum Gasteiger partial charge on any atom is -0.462 e. The first-order valence-electron chi connectivity index (χ1n) is 27.9. The van der Waals surface area contributed by atoms with Crippen molar-refractivity contribution in [2.24, 2.45) is 11.8 Å². The number of carbonyl (C=O) groups excluding carboxylic acids is 1. The molecule has 9 unspecified atom stereocenters. The zero-order chi connectivity index (χ0) is 60.0. The minimum atomic E-state index is -2.19. The average molecular weight is 1230 g/mol. The van der Waals surface area contributed by atoms with Crippen molar-refractivity contribution in [3.63, 3.8) is 0 Å². The van der Waals surface area contributed by atoms with Crippen molar-refractivity contribution in [2.75, 3.05) is 189 Å². The smallest absolute Gasteiger partial charge is 0.229 e. The number of carbonyl (C=O) groups is 1. The number of aliphatic hydroxyl groups excluding tert-OH is 11. The molecule has 2 aliphatic heterocycles. The van der Waals surface area contributed by atoms with Crippen LogP contribution in [0.25, 0.3) is 0 Å². The van der Waals surface area contributed by atoms with Gasteiger partial charge in [-0.25, -0.2) is 0 Å². The minimum absolute atomic E-state index is 0.0229. The zero-order valence-corrected chi connectivity index (χ0v) is 47.7. The molecule has 484 valence electrons. The van der Waals surface area contributed by atoms with Crippen LogP contribution in [0.4, 0.5) is 5.69 Å². The topological polar surface area (TPSA) is 409 Å². The fourth-order valence-corrected chi connectivity index (χ4v) is 8.59. The lowest BCUT2D eigenvalue weighted by Crippen LogP contribution is -2.66. The second-order valence-electron chi connectivity index (χ2n) is 18.9. The van der Waals surface area contributed by atoms with Gasteiger partial charge in [0, 0.05) is 17.4 Å². The first-order chi connectivity index (χ1) is 40.4. The highest BCUT2D eigenvalue weighted by Crippen LogP contribution is 2.37. The van der Waals surface area contributed by atoms with Gasteiger partial charge < -0.3 is 142 Å². The lowest BCUT2D eigenvalue weighted by Gasteiger charge is -2.47. The third-order valence-corrected chi connectivity index (χ3v) is 13.2. The third kappa shape index (κ3) is 27.4.